The predicted molar refractivity (Wildman–Crippen MR) is 72.8 cm³/mol. The van der Waals surface area contributed by atoms with Crippen LogP contribution in [0.5, 0.6) is 0 Å². The number of nitrogens with zero attached hydrogens (tertiary/aromatic N) is 1. The maximum absolute atomic E-state index is 14.0. The van der Waals surface area contributed by atoms with Gasteiger partial charge in [0.1, 0.15) is 5.82 Å². The summed E-state index contributed by atoms with van der Waals surface area (Å²) in [5, 5.41) is 0. The van der Waals surface area contributed by atoms with Crippen LogP contribution in [0.15, 0.2) is 24.3 Å². The fourth-order valence-electron chi connectivity index (χ4n) is 3.00. The second-order valence-electron chi connectivity index (χ2n) is 5.29. The molecule has 100 valence electrons. The van der Waals surface area contributed by atoms with Gasteiger partial charge in [-0.3, -0.25) is 4.90 Å². The Morgan fingerprint density at radius 3 is 2.50 bits per heavy atom. The van der Waals surface area contributed by atoms with Crippen LogP contribution in [0, 0.1) is 5.82 Å². The van der Waals surface area contributed by atoms with Gasteiger partial charge in [-0.05, 0) is 45.3 Å². The van der Waals surface area contributed by atoms with Gasteiger partial charge in [0.15, 0.2) is 0 Å². The summed E-state index contributed by atoms with van der Waals surface area (Å²) in [6.45, 7) is 6.32. The molecule has 1 aromatic rings. The summed E-state index contributed by atoms with van der Waals surface area (Å²) in [6, 6.07) is 7.08. The number of likely N-dealkylation sites (tertiary alicyclic amines) is 1. The fraction of sp³-hybridized carbons (Fsp3) is 0.600. The van der Waals surface area contributed by atoms with Crippen LogP contribution in [0.3, 0.4) is 0 Å². The van der Waals surface area contributed by atoms with E-state index in [2.05, 4.69) is 11.8 Å². The quantitative estimate of drug-likeness (QED) is 0.890. The van der Waals surface area contributed by atoms with Gasteiger partial charge in [0.25, 0.3) is 0 Å². The van der Waals surface area contributed by atoms with Crippen molar-refractivity contribution in [3.8, 4) is 0 Å². The van der Waals surface area contributed by atoms with Crippen molar-refractivity contribution < 1.29 is 4.39 Å². The Morgan fingerprint density at radius 1 is 1.33 bits per heavy atom. The van der Waals surface area contributed by atoms with E-state index in [1.165, 1.54) is 18.9 Å². The summed E-state index contributed by atoms with van der Waals surface area (Å²) in [6.07, 6.45) is 3.19. The van der Waals surface area contributed by atoms with E-state index in [9.17, 15) is 4.39 Å². The Hall–Kier alpha value is -0.930. The Bertz CT molecular complexity index is 401. The van der Waals surface area contributed by atoms with E-state index in [1.807, 2.05) is 19.1 Å². The van der Waals surface area contributed by atoms with Gasteiger partial charge < -0.3 is 5.73 Å². The number of nitrogens with two attached hydrogens (primary N) is 1. The number of benzene rings is 1. The summed E-state index contributed by atoms with van der Waals surface area (Å²) in [4.78, 5) is 2.38. The van der Waals surface area contributed by atoms with E-state index >= 15 is 0 Å². The van der Waals surface area contributed by atoms with Crippen LogP contribution in [-0.2, 0) is 5.54 Å². The molecule has 2 rings (SSSR count). The van der Waals surface area contributed by atoms with Gasteiger partial charge >= 0.3 is 0 Å². The summed E-state index contributed by atoms with van der Waals surface area (Å²) in [5.41, 5.74) is 6.60. The molecule has 3 heteroatoms. The molecule has 1 aromatic carbocycles. The predicted octanol–water partition coefficient (Wildman–Crippen LogP) is 2.87. The minimum atomic E-state index is -0.602. The van der Waals surface area contributed by atoms with Crippen molar-refractivity contribution in [1.82, 2.24) is 4.90 Å². The molecule has 0 bridgehead atoms. The molecule has 2 N–H and O–H groups in total. The normalized spacial score (nSPS) is 21.8. The van der Waals surface area contributed by atoms with E-state index < -0.39 is 5.54 Å². The molecular formula is C15H23FN2. The Labute approximate surface area is 109 Å². The summed E-state index contributed by atoms with van der Waals surface area (Å²) in [5.74, 6) is -0.187. The molecule has 2 atom stereocenters. The molecule has 18 heavy (non-hydrogen) atoms. The highest BCUT2D eigenvalue weighted by molar-refractivity contribution is 5.28. The van der Waals surface area contributed by atoms with Crippen molar-refractivity contribution in [3.05, 3.63) is 35.6 Å². The van der Waals surface area contributed by atoms with Crippen LogP contribution in [0.4, 0.5) is 4.39 Å². The van der Waals surface area contributed by atoms with Gasteiger partial charge in [0.05, 0.1) is 5.54 Å². The average Bonchev–Trinajstić information content (AvgIpc) is 2.91. The second kappa shape index (κ2) is 5.37. The zero-order valence-corrected chi connectivity index (χ0v) is 11.3. The molecule has 0 radical (unpaired) electrons. The zero-order chi connectivity index (χ0) is 13.2. The molecule has 2 unspecified atom stereocenters. The Kier molecular flexibility index (Phi) is 4.03. The van der Waals surface area contributed by atoms with Gasteiger partial charge in [-0.1, -0.05) is 25.1 Å². The first-order valence-corrected chi connectivity index (χ1v) is 6.87. The third-order valence-electron chi connectivity index (χ3n) is 4.39. The fourth-order valence-corrected chi connectivity index (χ4v) is 3.00. The lowest BCUT2D eigenvalue weighted by atomic mass is 9.81. The molecule has 1 aliphatic heterocycles. The number of rotatable bonds is 4. The van der Waals surface area contributed by atoms with Crippen molar-refractivity contribution >= 4 is 0 Å². The monoisotopic (exact) mass is 250 g/mol. The van der Waals surface area contributed by atoms with Crippen molar-refractivity contribution in [2.45, 2.75) is 44.7 Å². The smallest absolute Gasteiger partial charge is 0.128 e. The third-order valence-corrected chi connectivity index (χ3v) is 4.39. The molecule has 1 heterocycles. The lowest BCUT2D eigenvalue weighted by Gasteiger charge is -2.40. The van der Waals surface area contributed by atoms with Crippen LogP contribution < -0.4 is 5.73 Å². The zero-order valence-electron chi connectivity index (χ0n) is 11.3. The standard InChI is InChI=1S/C15H23FN2/c1-3-15(17,12(2)18-10-6-7-11-18)13-8-4-5-9-14(13)16/h4-5,8-9,12H,3,6-7,10-11,17H2,1-2H3. The summed E-state index contributed by atoms with van der Waals surface area (Å²) < 4.78 is 14.0. The number of halogens is 1. The number of hydrogen-bond donors (Lipinski definition) is 1. The van der Waals surface area contributed by atoms with E-state index in [0.29, 0.717) is 5.56 Å². The molecule has 0 spiro atoms. The highest BCUT2D eigenvalue weighted by Crippen LogP contribution is 2.32. The molecule has 2 nitrogen and oxygen atoms in total. The molecule has 0 saturated carbocycles. The lowest BCUT2D eigenvalue weighted by molar-refractivity contribution is 0.153. The van der Waals surface area contributed by atoms with E-state index in [1.54, 1.807) is 6.07 Å². The third kappa shape index (κ3) is 2.29. The maximum atomic E-state index is 14.0. The number of hydrogen-bond acceptors (Lipinski definition) is 2. The first kappa shape index (κ1) is 13.5. The van der Waals surface area contributed by atoms with Crippen molar-refractivity contribution in [2.24, 2.45) is 5.73 Å². The first-order chi connectivity index (χ1) is 8.59. The van der Waals surface area contributed by atoms with Crippen molar-refractivity contribution in [1.29, 1.82) is 0 Å². The SMILES string of the molecule is CCC(N)(c1ccccc1F)C(C)N1CCCC1. The van der Waals surface area contributed by atoms with Gasteiger partial charge in [0.2, 0.25) is 0 Å². The summed E-state index contributed by atoms with van der Waals surface area (Å²) in [7, 11) is 0. The van der Waals surface area contributed by atoms with E-state index in [0.717, 1.165) is 19.5 Å². The van der Waals surface area contributed by atoms with Gasteiger partial charge in [0, 0.05) is 11.6 Å². The average molecular weight is 250 g/mol. The Balaban J connectivity index is 2.32. The van der Waals surface area contributed by atoms with Crippen LogP contribution in [-0.4, -0.2) is 24.0 Å². The molecule has 1 fully saturated rings. The first-order valence-electron chi connectivity index (χ1n) is 6.87. The van der Waals surface area contributed by atoms with Crippen molar-refractivity contribution in [3.63, 3.8) is 0 Å². The molecule has 0 amide bonds. The summed E-state index contributed by atoms with van der Waals surface area (Å²) >= 11 is 0. The van der Waals surface area contributed by atoms with Gasteiger partial charge in [-0.15, -0.1) is 0 Å². The van der Waals surface area contributed by atoms with E-state index in [4.69, 9.17) is 5.73 Å². The lowest BCUT2D eigenvalue weighted by Crippen LogP contribution is -2.54. The molecular weight excluding hydrogens is 227 g/mol. The molecule has 0 aromatic heterocycles. The molecule has 0 aliphatic carbocycles. The van der Waals surface area contributed by atoms with Crippen LogP contribution in [0.2, 0.25) is 0 Å². The van der Waals surface area contributed by atoms with E-state index in [-0.39, 0.29) is 11.9 Å². The minimum absolute atomic E-state index is 0.168. The van der Waals surface area contributed by atoms with Crippen molar-refractivity contribution in [2.75, 3.05) is 13.1 Å². The largest absolute Gasteiger partial charge is 0.320 e. The maximum Gasteiger partial charge on any atom is 0.128 e. The minimum Gasteiger partial charge on any atom is -0.320 e. The molecule has 1 aliphatic rings. The highest BCUT2D eigenvalue weighted by Gasteiger charge is 2.38. The Morgan fingerprint density at radius 2 is 1.94 bits per heavy atom. The highest BCUT2D eigenvalue weighted by atomic mass is 19.1. The van der Waals surface area contributed by atoms with Crippen LogP contribution in [0.25, 0.3) is 0 Å². The second-order valence-corrected chi connectivity index (χ2v) is 5.29. The van der Waals surface area contributed by atoms with Gasteiger partial charge in [-0.2, -0.15) is 0 Å². The van der Waals surface area contributed by atoms with Crippen LogP contribution >= 0.6 is 0 Å². The van der Waals surface area contributed by atoms with Crippen LogP contribution in [0.1, 0.15) is 38.7 Å². The molecule has 1 saturated heterocycles. The topological polar surface area (TPSA) is 29.3 Å². The van der Waals surface area contributed by atoms with Gasteiger partial charge in [-0.25, -0.2) is 4.39 Å².